The van der Waals surface area contributed by atoms with E-state index in [4.69, 9.17) is 16.7 Å². The van der Waals surface area contributed by atoms with E-state index in [1.807, 2.05) is 6.92 Å². The molecule has 0 bridgehead atoms. The van der Waals surface area contributed by atoms with Gasteiger partial charge in [-0.05, 0) is 26.0 Å². The summed E-state index contributed by atoms with van der Waals surface area (Å²) in [5, 5.41) is 12.0. The molecule has 19 heavy (non-hydrogen) atoms. The van der Waals surface area contributed by atoms with Crippen LogP contribution in [0.4, 0.5) is 5.82 Å². The smallest absolute Gasteiger partial charge is 0.339 e. The van der Waals surface area contributed by atoms with Crippen LogP contribution in [0.3, 0.4) is 0 Å². The summed E-state index contributed by atoms with van der Waals surface area (Å²) < 4.78 is 0. The molecule has 1 aromatic heterocycles. The Bertz CT molecular complexity index is 493. The van der Waals surface area contributed by atoms with Gasteiger partial charge in [0, 0.05) is 13.6 Å². The number of carbonyl (C=O) groups is 2. The normalized spacial score (nSPS) is 11.8. The van der Waals surface area contributed by atoms with E-state index >= 15 is 0 Å². The molecule has 0 spiro atoms. The lowest BCUT2D eigenvalue weighted by Crippen LogP contribution is -2.39. The van der Waals surface area contributed by atoms with E-state index in [1.54, 1.807) is 14.0 Å². The zero-order valence-electron chi connectivity index (χ0n) is 11.0. The molecule has 7 heteroatoms. The summed E-state index contributed by atoms with van der Waals surface area (Å²) in [7, 11) is 1.67. The highest BCUT2D eigenvalue weighted by molar-refractivity contribution is 6.29. The van der Waals surface area contributed by atoms with E-state index in [-0.39, 0.29) is 22.4 Å². The summed E-state index contributed by atoms with van der Waals surface area (Å²) in [5.74, 6) is -1.19. The van der Waals surface area contributed by atoms with Crippen LogP contribution in [0.15, 0.2) is 12.1 Å². The van der Waals surface area contributed by atoms with Crippen molar-refractivity contribution in [1.29, 1.82) is 0 Å². The Kier molecular flexibility index (Phi) is 5.11. The Balaban J connectivity index is 2.95. The van der Waals surface area contributed by atoms with Gasteiger partial charge < -0.3 is 15.3 Å². The van der Waals surface area contributed by atoms with Crippen molar-refractivity contribution in [2.75, 3.05) is 18.9 Å². The summed E-state index contributed by atoms with van der Waals surface area (Å²) in [5.41, 5.74) is -0.0248. The summed E-state index contributed by atoms with van der Waals surface area (Å²) in [6.45, 7) is 4.06. The molecule has 1 rings (SSSR count). The minimum Gasteiger partial charge on any atom is -0.478 e. The number of likely N-dealkylation sites (N-methyl/N-ethyl adjacent to an activating group) is 1. The Morgan fingerprint density at radius 2 is 2.16 bits per heavy atom. The van der Waals surface area contributed by atoms with E-state index in [2.05, 4.69) is 10.3 Å². The van der Waals surface area contributed by atoms with Crippen LogP contribution in [0.1, 0.15) is 24.2 Å². The molecular weight excluding hydrogens is 270 g/mol. The standard InChI is InChI=1S/C12H16ClN3O3/c1-4-16(3)11(17)7(2)14-10-8(12(18)19)5-6-9(13)15-10/h5-7H,4H2,1-3H3,(H,14,15)(H,18,19). The molecule has 0 aliphatic rings. The van der Waals surface area contributed by atoms with Gasteiger partial charge in [0.2, 0.25) is 5.91 Å². The van der Waals surface area contributed by atoms with Crippen molar-refractivity contribution >= 4 is 29.3 Å². The number of rotatable bonds is 5. The monoisotopic (exact) mass is 285 g/mol. The molecule has 0 aromatic carbocycles. The van der Waals surface area contributed by atoms with Gasteiger partial charge in [-0.15, -0.1) is 0 Å². The zero-order chi connectivity index (χ0) is 14.6. The molecule has 1 unspecified atom stereocenters. The number of nitrogens with zero attached hydrogens (tertiary/aromatic N) is 2. The number of carboxylic acids is 1. The first-order valence-electron chi connectivity index (χ1n) is 5.78. The minimum atomic E-state index is -1.13. The number of halogens is 1. The number of aromatic carboxylic acids is 1. The molecule has 104 valence electrons. The highest BCUT2D eigenvalue weighted by Gasteiger charge is 2.20. The predicted molar refractivity (Wildman–Crippen MR) is 72.6 cm³/mol. The van der Waals surface area contributed by atoms with Crippen LogP contribution in [-0.2, 0) is 4.79 Å². The maximum Gasteiger partial charge on any atom is 0.339 e. The molecule has 0 radical (unpaired) electrons. The number of nitrogens with one attached hydrogen (secondary N) is 1. The van der Waals surface area contributed by atoms with E-state index in [0.29, 0.717) is 6.54 Å². The Morgan fingerprint density at radius 3 is 2.68 bits per heavy atom. The van der Waals surface area contributed by atoms with Gasteiger partial charge in [0.1, 0.15) is 22.6 Å². The number of carboxylic acid groups (broad SMARTS) is 1. The van der Waals surface area contributed by atoms with Gasteiger partial charge >= 0.3 is 5.97 Å². The largest absolute Gasteiger partial charge is 0.478 e. The molecule has 1 atom stereocenters. The molecular formula is C12H16ClN3O3. The zero-order valence-corrected chi connectivity index (χ0v) is 11.7. The van der Waals surface area contributed by atoms with Gasteiger partial charge in [-0.25, -0.2) is 9.78 Å². The highest BCUT2D eigenvalue weighted by atomic mass is 35.5. The van der Waals surface area contributed by atoms with Gasteiger partial charge in [-0.3, -0.25) is 4.79 Å². The van der Waals surface area contributed by atoms with Crippen molar-refractivity contribution in [3.63, 3.8) is 0 Å². The van der Waals surface area contributed by atoms with E-state index < -0.39 is 12.0 Å². The van der Waals surface area contributed by atoms with Crippen LogP contribution in [0.5, 0.6) is 0 Å². The maximum atomic E-state index is 11.9. The Hall–Kier alpha value is -1.82. The van der Waals surface area contributed by atoms with Crippen molar-refractivity contribution in [2.45, 2.75) is 19.9 Å². The van der Waals surface area contributed by atoms with E-state index in [0.717, 1.165) is 0 Å². The number of hydrogen-bond acceptors (Lipinski definition) is 4. The molecule has 0 fully saturated rings. The number of carbonyl (C=O) groups excluding carboxylic acids is 1. The maximum absolute atomic E-state index is 11.9. The Labute approximate surface area is 116 Å². The summed E-state index contributed by atoms with van der Waals surface area (Å²) in [6.07, 6.45) is 0. The minimum absolute atomic E-state index is 0.0248. The van der Waals surface area contributed by atoms with Crippen LogP contribution >= 0.6 is 11.6 Å². The third-order valence-corrected chi connectivity index (χ3v) is 2.88. The number of amides is 1. The predicted octanol–water partition coefficient (Wildman–Crippen LogP) is 1.71. The van der Waals surface area contributed by atoms with Crippen molar-refractivity contribution in [3.05, 3.63) is 22.8 Å². The molecule has 0 saturated carbocycles. The van der Waals surface area contributed by atoms with Crippen molar-refractivity contribution in [2.24, 2.45) is 0 Å². The first-order valence-corrected chi connectivity index (χ1v) is 6.16. The Morgan fingerprint density at radius 1 is 1.53 bits per heavy atom. The van der Waals surface area contributed by atoms with Gasteiger partial charge in [-0.1, -0.05) is 11.6 Å². The third-order valence-electron chi connectivity index (χ3n) is 2.67. The van der Waals surface area contributed by atoms with Crippen LogP contribution in [0.2, 0.25) is 5.15 Å². The second-order valence-corrected chi connectivity index (χ2v) is 4.44. The first kappa shape index (κ1) is 15.2. The molecule has 6 nitrogen and oxygen atoms in total. The topological polar surface area (TPSA) is 82.5 Å². The van der Waals surface area contributed by atoms with Crippen LogP contribution in [0, 0.1) is 0 Å². The van der Waals surface area contributed by atoms with Crippen LogP contribution in [0.25, 0.3) is 0 Å². The van der Waals surface area contributed by atoms with Gasteiger partial charge in [0.15, 0.2) is 0 Å². The molecule has 0 aliphatic carbocycles. The third kappa shape index (κ3) is 3.82. The second kappa shape index (κ2) is 6.38. The van der Waals surface area contributed by atoms with Crippen LogP contribution < -0.4 is 5.32 Å². The van der Waals surface area contributed by atoms with Crippen molar-refractivity contribution in [1.82, 2.24) is 9.88 Å². The fourth-order valence-electron chi connectivity index (χ4n) is 1.47. The van der Waals surface area contributed by atoms with Gasteiger partial charge in [0.05, 0.1) is 0 Å². The molecule has 0 saturated heterocycles. The lowest BCUT2D eigenvalue weighted by atomic mass is 10.2. The fourth-order valence-corrected chi connectivity index (χ4v) is 1.62. The average molecular weight is 286 g/mol. The average Bonchev–Trinajstić information content (AvgIpc) is 2.36. The second-order valence-electron chi connectivity index (χ2n) is 4.05. The van der Waals surface area contributed by atoms with E-state index in [1.165, 1.54) is 17.0 Å². The summed E-state index contributed by atoms with van der Waals surface area (Å²) >= 11 is 5.73. The summed E-state index contributed by atoms with van der Waals surface area (Å²) in [6, 6.07) is 2.15. The van der Waals surface area contributed by atoms with Crippen molar-refractivity contribution in [3.8, 4) is 0 Å². The highest BCUT2D eigenvalue weighted by Crippen LogP contribution is 2.17. The van der Waals surface area contributed by atoms with Crippen molar-refractivity contribution < 1.29 is 14.7 Å². The molecule has 1 heterocycles. The fraction of sp³-hybridized carbons (Fsp3) is 0.417. The number of hydrogen-bond donors (Lipinski definition) is 2. The molecule has 1 amide bonds. The molecule has 2 N–H and O–H groups in total. The van der Waals surface area contributed by atoms with Gasteiger partial charge in [0.25, 0.3) is 0 Å². The quantitative estimate of drug-likeness (QED) is 0.805. The first-order chi connectivity index (χ1) is 8.86. The lowest BCUT2D eigenvalue weighted by molar-refractivity contribution is -0.130. The number of pyridine rings is 1. The summed E-state index contributed by atoms with van der Waals surface area (Å²) in [4.78, 5) is 28.4. The van der Waals surface area contributed by atoms with E-state index in [9.17, 15) is 9.59 Å². The van der Waals surface area contributed by atoms with Crippen LogP contribution in [-0.4, -0.2) is 46.5 Å². The number of aromatic nitrogens is 1. The number of anilines is 1. The van der Waals surface area contributed by atoms with Gasteiger partial charge in [-0.2, -0.15) is 0 Å². The molecule has 1 aromatic rings. The SMILES string of the molecule is CCN(C)C(=O)C(C)Nc1nc(Cl)ccc1C(=O)O. The lowest BCUT2D eigenvalue weighted by Gasteiger charge is -2.21. The molecule has 0 aliphatic heterocycles.